The topological polar surface area (TPSA) is 112 Å². The van der Waals surface area contributed by atoms with E-state index in [1.54, 1.807) is 32.2 Å². The maximum Gasteiger partial charge on any atom is 0.261 e. The van der Waals surface area contributed by atoms with Gasteiger partial charge in [0.05, 0.1) is 18.2 Å². The standard InChI is InChI=1S/C21H20N4O3/c1-20(12-26)11-21(18(27)25(2)19(23)24-21)16-9-15(6-7-17(16)28-20)14-5-3-4-13(8-14)10-22/h3-9,26H,11-12H2,1-2H3,(H2,23,24)/t20-,21+/m0/s1. The number of rotatable bonds is 2. The van der Waals surface area contributed by atoms with E-state index in [-0.39, 0.29) is 24.9 Å². The summed E-state index contributed by atoms with van der Waals surface area (Å²) in [5.74, 6) is 0.371. The summed E-state index contributed by atoms with van der Waals surface area (Å²) in [6, 6.07) is 14.9. The van der Waals surface area contributed by atoms with E-state index in [1.165, 1.54) is 4.90 Å². The molecule has 3 N–H and O–H groups in total. The zero-order valence-corrected chi connectivity index (χ0v) is 15.6. The molecule has 7 nitrogen and oxygen atoms in total. The zero-order chi connectivity index (χ0) is 20.1. The van der Waals surface area contributed by atoms with Gasteiger partial charge < -0.3 is 15.6 Å². The Bertz CT molecular complexity index is 1060. The molecule has 28 heavy (non-hydrogen) atoms. The first kappa shape index (κ1) is 18.0. The van der Waals surface area contributed by atoms with Gasteiger partial charge >= 0.3 is 0 Å². The van der Waals surface area contributed by atoms with Crippen LogP contribution in [0.1, 0.15) is 24.5 Å². The molecule has 1 spiro atoms. The second-order valence-electron chi connectivity index (χ2n) is 7.48. The number of carbonyl (C=O) groups is 1. The molecule has 7 heteroatoms. The van der Waals surface area contributed by atoms with Gasteiger partial charge in [0.15, 0.2) is 11.5 Å². The van der Waals surface area contributed by atoms with Crippen LogP contribution in [0.4, 0.5) is 0 Å². The summed E-state index contributed by atoms with van der Waals surface area (Å²) in [6.07, 6.45) is 0.176. The lowest BCUT2D eigenvalue weighted by atomic mass is 9.76. The molecule has 2 heterocycles. The number of ether oxygens (including phenoxy) is 1. The first-order valence-corrected chi connectivity index (χ1v) is 8.90. The van der Waals surface area contributed by atoms with E-state index in [4.69, 9.17) is 10.5 Å². The summed E-state index contributed by atoms with van der Waals surface area (Å²) in [4.78, 5) is 19.0. The van der Waals surface area contributed by atoms with E-state index >= 15 is 0 Å². The second-order valence-corrected chi connectivity index (χ2v) is 7.48. The Morgan fingerprint density at radius 2 is 2.07 bits per heavy atom. The predicted molar refractivity (Wildman–Crippen MR) is 103 cm³/mol. The van der Waals surface area contributed by atoms with Gasteiger partial charge in [-0.25, -0.2) is 4.99 Å². The summed E-state index contributed by atoms with van der Waals surface area (Å²) in [5, 5.41) is 19.0. The molecule has 2 aromatic rings. The third-order valence-corrected chi connectivity index (χ3v) is 5.38. The molecule has 0 saturated carbocycles. The predicted octanol–water partition coefficient (Wildman–Crippen LogP) is 1.74. The Hall–Kier alpha value is -3.37. The second kappa shape index (κ2) is 6.08. The fraction of sp³-hybridized carbons (Fsp3) is 0.286. The van der Waals surface area contributed by atoms with Crippen molar-refractivity contribution in [3.63, 3.8) is 0 Å². The van der Waals surface area contributed by atoms with Gasteiger partial charge in [-0.05, 0) is 42.3 Å². The first-order chi connectivity index (χ1) is 13.3. The van der Waals surface area contributed by atoms with Crippen molar-refractivity contribution in [2.45, 2.75) is 24.5 Å². The molecule has 0 fully saturated rings. The van der Waals surface area contributed by atoms with Crippen molar-refractivity contribution in [3.8, 4) is 22.9 Å². The molecular formula is C21H20N4O3. The number of hydrogen-bond acceptors (Lipinski definition) is 6. The fourth-order valence-corrected chi connectivity index (χ4v) is 3.91. The van der Waals surface area contributed by atoms with Gasteiger partial charge in [-0.15, -0.1) is 0 Å². The van der Waals surface area contributed by atoms with Gasteiger partial charge in [-0.3, -0.25) is 9.69 Å². The lowest BCUT2D eigenvalue weighted by Crippen LogP contribution is -2.52. The number of nitriles is 1. The molecule has 2 atom stereocenters. The van der Waals surface area contributed by atoms with E-state index in [1.807, 2.05) is 24.3 Å². The number of aliphatic hydroxyl groups excluding tert-OH is 1. The number of amides is 1. The number of guanidine groups is 1. The SMILES string of the molecule is CN1C(=O)[C@]2(C[C@@](C)(CO)Oc3ccc(-c4cccc(C#N)c4)cc32)N=C1N. The largest absolute Gasteiger partial charge is 0.485 e. The number of nitrogens with two attached hydrogens (primary N) is 1. The van der Waals surface area contributed by atoms with Crippen molar-refractivity contribution in [3.05, 3.63) is 53.6 Å². The van der Waals surface area contributed by atoms with Crippen LogP contribution in [0.5, 0.6) is 5.75 Å². The van der Waals surface area contributed by atoms with Gasteiger partial charge in [0.25, 0.3) is 5.91 Å². The number of aliphatic hydroxyl groups is 1. The average molecular weight is 376 g/mol. The van der Waals surface area contributed by atoms with Gasteiger partial charge in [0, 0.05) is 19.0 Å². The minimum atomic E-state index is -1.24. The highest BCUT2D eigenvalue weighted by Gasteiger charge is 2.56. The zero-order valence-electron chi connectivity index (χ0n) is 15.6. The highest BCUT2D eigenvalue weighted by atomic mass is 16.5. The molecule has 0 aliphatic carbocycles. The molecule has 0 bridgehead atoms. The number of likely N-dealkylation sites (N-methyl/N-ethyl adjacent to an activating group) is 1. The summed E-state index contributed by atoms with van der Waals surface area (Å²) in [5.41, 5.74) is 6.60. The molecule has 2 aromatic carbocycles. The lowest BCUT2D eigenvalue weighted by Gasteiger charge is -2.42. The third-order valence-electron chi connectivity index (χ3n) is 5.38. The Balaban J connectivity index is 1.92. The highest BCUT2D eigenvalue weighted by molar-refractivity contribution is 6.07. The van der Waals surface area contributed by atoms with Crippen molar-refractivity contribution < 1.29 is 14.6 Å². The molecule has 2 aliphatic rings. The number of hydrogen-bond donors (Lipinski definition) is 2. The minimum Gasteiger partial charge on any atom is -0.485 e. The van der Waals surface area contributed by atoms with Gasteiger partial charge in [-0.1, -0.05) is 18.2 Å². The Morgan fingerprint density at radius 3 is 2.71 bits per heavy atom. The summed E-state index contributed by atoms with van der Waals surface area (Å²) in [6.45, 7) is 1.49. The van der Waals surface area contributed by atoms with E-state index < -0.39 is 11.1 Å². The van der Waals surface area contributed by atoms with E-state index in [9.17, 15) is 15.2 Å². The van der Waals surface area contributed by atoms with Crippen molar-refractivity contribution >= 4 is 11.9 Å². The Kier molecular flexibility index (Phi) is 3.91. The molecule has 1 amide bonds. The number of fused-ring (bicyclic) bond motifs is 2. The molecule has 4 rings (SSSR count). The highest BCUT2D eigenvalue weighted by Crippen LogP contribution is 2.49. The Labute approximate surface area is 162 Å². The molecule has 2 aliphatic heterocycles. The smallest absolute Gasteiger partial charge is 0.261 e. The number of benzene rings is 2. The van der Waals surface area contributed by atoms with Crippen LogP contribution in [0.2, 0.25) is 0 Å². The van der Waals surface area contributed by atoms with Crippen molar-refractivity contribution in [1.82, 2.24) is 4.90 Å². The van der Waals surface area contributed by atoms with Crippen LogP contribution < -0.4 is 10.5 Å². The summed E-state index contributed by atoms with van der Waals surface area (Å²) < 4.78 is 6.03. The van der Waals surface area contributed by atoms with Crippen molar-refractivity contribution in [1.29, 1.82) is 5.26 Å². The normalized spacial score (nSPS) is 25.9. The van der Waals surface area contributed by atoms with Crippen LogP contribution in [-0.2, 0) is 10.3 Å². The van der Waals surface area contributed by atoms with E-state index in [2.05, 4.69) is 11.1 Å². The van der Waals surface area contributed by atoms with E-state index in [0.29, 0.717) is 16.9 Å². The molecule has 142 valence electrons. The monoisotopic (exact) mass is 376 g/mol. The fourth-order valence-electron chi connectivity index (χ4n) is 3.91. The average Bonchev–Trinajstić information content (AvgIpc) is 2.91. The maximum atomic E-state index is 13.2. The van der Waals surface area contributed by atoms with Gasteiger partial charge in [0.2, 0.25) is 0 Å². The first-order valence-electron chi connectivity index (χ1n) is 8.90. The molecular weight excluding hydrogens is 356 g/mol. The van der Waals surface area contributed by atoms with Crippen molar-refractivity contribution in [2.75, 3.05) is 13.7 Å². The van der Waals surface area contributed by atoms with Crippen LogP contribution in [0.3, 0.4) is 0 Å². The molecule has 0 unspecified atom stereocenters. The molecule has 0 saturated heterocycles. The number of carbonyl (C=O) groups excluding carboxylic acids is 1. The van der Waals surface area contributed by atoms with Crippen LogP contribution in [-0.4, -0.2) is 41.1 Å². The van der Waals surface area contributed by atoms with Gasteiger partial charge in [-0.2, -0.15) is 5.26 Å². The van der Waals surface area contributed by atoms with Gasteiger partial charge in [0.1, 0.15) is 11.4 Å². The minimum absolute atomic E-state index is 0.134. The van der Waals surface area contributed by atoms with Crippen LogP contribution in [0.15, 0.2) is 47.5 Å². The van der Waals surface area contributed by atoms with E-state index in [0.717, 1.165) is 11.1 Å². The van der Waals surface area contributed by atoms with Crippen molar-refractivity contribution in [2.24, 2.45) is 10.7 Å². The molecule has 0 radical (unpaired) electrons. The maximum absolute atomic E-state index is 13.2. The molecule has 0 aromatic heterocycles. The van der Waals surface area contributed by atoms with Crippen LogP contribution in [0.25, 0.3) is 11.1 Å². The lowest BCUT2D eigenvalue weighted by molar-refractivity contribution is -0.134. The number of nitrogens with zero attached hydrogens (tertiary/aromatic N) is 3. The van der Waals surface area contributed by atoms with Crippen LogP contribution in [0, 0.1) is 11.3 Å². The Morgan fingerprint density at radius 1 is 1.32 bits per heavy atom. The summed E-state index contributed by atoms with van der Waals surface area (Å²) in [7, 11) is 1.58. The third kappa shape index (κ3) is 2.53. The number of aliphatic imine (C=N–C) groups is 1. The quantitative estimate of drug-likeness (QED) is 0.829. The van der Waals surface area contributed by atoms with Crippen LogP contribution >= 0.6 is 0 Å². The summed E-state index contributed by atoms with van der Waals surface area (Å²) >= 11 is 0.